The van der Waals surface area contributed by atoms with Crippen LogP contribution in [0.1, 0.15) is 20.3 Å². The average molecular weight is 267 g/mol. The van der Waals surface area contributed by atoms with Gasteiger partial charge in [-0.15, -0.1) is 0 Å². The van der Waals surface area contributed by atoms with E-state index in [2.05, 4.69) is 12.2 Å². The minimum absolute atomic E-state index is 0.139. The smallest absolute Gasteiger partial charge is 0.120 e. The van der Waals surface area contributed by atoms with Crippen LogP contribution in [0.3, 0.4) is 0 Å². The Morgan fingerprint density at radius 2 is 1.84 bits per heavy atom. The van der Waals surface area contributed by atoms with Gasteiger partial charge in [0.15, 0.2) is 0 Å². The number of benzene rings is 1. The van der Waals surface area contributed by atoms with Crippen LogP contribution in [0.25, 0.3) is 0 Å². The van der Waals surface area contributed by atoms with Crippen LogP contribution in [0.4, 0.5) is 0 Å². The Morgan fingerprint density at radius 1 is 1.16 bits per heavy atom. The first-order valence-electron chi connectivity index (χ1n) is 6.85. The van der Waals surface area contributed by atoms with Crippen molar-refractivity contribution < 1.29 is 14.2 Å². The van der Waals surface area contributed by atoms with Crippen LogP contribution in [-0.2, 0) is 4.74 Å². The van der Waals surface area contributed by atoms with E-state index >= 15 is 0 Å². The van der Waals surface area contributed by atoms with Gasteiger partial charge in [0.1, 0.15) is 17.6 Å². The summed E-state index contributed by atoms with van der Waals surface area (Å²) in [5, 5.41) is 3.36. The first-order chi connectivity index (χ1) is 9.26. The van der Waals surface area contributed by atoms with E-state index in [1.807, 2.05) is 31.2 Å². The molecule has 0 saturated carbocycles. The molecular formula is C15H25NO3. The van der Waals surface area contributed by atoms with Gasteiger partial charge in [0.25, 0.3) is 0 Å². The molecular weight excluding hydrogens is 242 g/mol. The van der Waals surface area contributed by atoms with Crippen molar-refractivity contribution in [2.45, 2.75) is 26.4 Å². The molecule has 1 aromatic carbocycles. The number of nitrogens with one attached hydrogen (secondary N) is 1. The first kappa shape index (κ1) is 15.8. The molecule has 0 aromatic heterocycles. The molecule has 0 bridgehead atoms. The highest BCUT2D eigenvalue weighted by Crippen LogP contribution is 2.17. The van der Waals surface area contributed by atoms with E-state index in [4.69, 9.17) is 14.2 Å². The van der Waals surface area contributed by atoms with Crippen molar-refractivity contribution in [1.82, 2.24) is 5.32 Å². The Kier molecular flexibility index (Phi) is 8.02. The summed E-state index contributed by atoms with van der Waals surface area (Å²) in [4.78, 5) is 0. The molecule has 0 spiro atoms. The molecule has 0 fully saturated rings. The molecule has 4 nitrogen and oxygen atoms in total. The van der Waals surface area contributed by atoms with E-state index in [1.165, 1.54) is 0 Å². The Balaban J connectivity index is 2.14. The van der Waals surface area contributed by atoms with E-state index in [0.717, 1.165) is 44.2 Å². The lowest BCUT2D eigenvalue weighted by Crippen LogP contribution is -2.30. The third kappa shape index (κ3) is 7.03. The lowest BCUT2D eigenvalue weighted by atomic mass is 10.3. The van der Waals surface area contributed by atoms with Gasteiger partial charge in [-0.2, -0.15) is 0 Å². The number of methoxy groups -OCH3 is 1. The SMILES string of the molecule is CCOCCCNCC(C)Oc1ccc(OC)cc1. The zero-order chi connectivity index (χ0) is 13.9. The number of rotatable bonds is 10. The molecule has 1 atom stereocenters. The third-order valence-electron chi connectivity index (χ3n) is 2.67. The van der Waals surface area contributed by atoms with Crippen LogP contribution in [0.15, 0.2) is 24.3 Å². The van der Waals surface area contributed by atoms with Crippen molar-refractivity contribution in [3.63, 3.8) is 0 Å². The van der Waals surface area contributed by atoms with Gasteiger partial charge in [-0.3, -0.25) is 0 Å². The van der Waals surface area contributed by atoms with Gasteiger partial charge in [-0.25, -0.2) is 0 Å². The Hall–Kier alpha value is -1.26. The van der Waals surface area contributed by atoms with Crippen molar-refractivity contribution in [2.75, 3.05) is 33.4 Å². The highest BCUT2D eigenvalue weighted by Gasteiger charge is 2.03. The lowest BCUT2D eigenvalue weighted by Gasteiger charge is -2.15. The fraction of sp³-hybridized carbons (Fsp3) is 0.600. The van der Waals surface area contributed by atoms with Crippen molar-refractivity contribution in [3.05, 3.63) is 24.3 Å². The normalized spacial score (nSPS) is 12.2. The summed E-state index contributed by atoms with van der Waals surface area (Å²) in [5.74, 6) is 1.71. The summed E-state index contributed by atoms with van der Waals surface area (Å²) >= 11 is 0. The molecule has 0 radical (unpaired) electrons. The molecule has 0 aliphatic heterocycles. The minimum Gasteiger partial charge on any atom is -0.497 e. The van der Waals surface area contributed by atoms with Gasteiger partial charge >= 0.3 is 0 Å². The quantitative estimate of drug-likeness (QED) is 0.661. The molecule has 19 heavy (non-hydrogen) atoms. The predicted octanol–water partition coefficient (Wildman–Crippen LogP) is 2.48. The molecule has 0 heterocycles. The van der Waals surface area contributed by atoms with Gasteiger partial charge < -0.3 is 19.5 Å². The summed E-state index contributed by atoms with van der Waals surface area (Å²) in [6.45, 7) is 7.46. The van der Waals surface area contributed by atoms with Crippen molar-refractivity contribution in [1.29, 1.82) is 0 Å². The predicted molar refractivity (Wildman–Crippen MR) is 77.1 cm³/mol. The first-order valence-corrected chi connectivity index (χ1v) is 6.85. The molecule has 4 heteroatoms. The molecule has 0 aliphatic carbocycles. The summed E-state index contributed by atoms with van der Waals surface area (Å²) in [7, 11) is 1.66. The van der Waals surface area contributed by atoms with Gasteiger partial charge in [-0.1, -0.05) is 0 Å². The van der Waals surface area contributed by atoms with Crippen molar-refractivity contribution in [2.24, 2.45) is 0 Å². The van der Waals surface area contributed by atoms with Crippen LogP contribution in [0.2, 0.25) is 0 Å². The van der Waals surface area contributed by atoms with Crippen LogP contribution in [-0.4, -0.2) is 39.5 Å². The molecule has 0 saturated heterocycles. The number of hydrogen-bond donors (Lipinski definition) is 1. The molecule has 1 unspecified atom stereocenters. The van der Waals surface area contributed by atoms with E-state index in [0.29, 0.717) is 0 Å². The molecule has 1 aromatic rings. The highest BCUT2D eigenvalue weighted by atomic mass is 16.5. The molecule has 0 aliphatic rings. The van der Waals surface area contributed by atoms with Crippen molar-refractivity contribution >= 4 is 0 Å². The fourth-order valence-corrected chi connectivity index (χ4v) is 1.68. The largest absolute Gasteiger partial charge is 0.497 e. The van der Waals surface area contributed by atoms with Gasteiger partial charge in [0.05, 0.1) is 7.11 Å². The minimum atomic E-state index is 0.139. The van der Waals surface area contributed by atoms with Crippen LogP contribution in [0.5, 0.6) is 11.5 Å². The number of hydrogen-bond acceptors (Lipinski definition) is 4. The van der Waals surface area contributed by atoms with E-state index in [-0.39, 0.29) is 6.10 Å². The van der Waals surface area contributed by atoms with Gasteiger partial charge in [0, 0.05) is 19.8 Å². The van der Waals surface area contributed by atoms with Crippen molar-refractivity contribution in [3.8, 4) is 11.5 Å². The summed E-state index contributed by atoms with van der Waals surface area (Å²) in [6, 6.07) is 7.64. The molecule has 1 N–H and O–H groups in total. The monoisotopic (exact) mass is 267 g/mol. The van der Waals surface area contributed by atoms with Crippen LogP contribution in [0, 0.1) is 0 Å². The third-order valence-corrected chi connectivity index (χ3v) is 2.67. The van der Waals surface area contributed by atoms with E-state index in [9.17, 15) is 0 Å². The second-order valence-corrected chi connectivity index (χ2v) is 4.36. The van der Waals surface area contributed by atoms with Gasteiger partial charge in [-0.05, 0) is 51.1 Å². The summed E-state index contributed by atoms with van der Waals surface area (Å²) in [5.41, 5.74) is 0. The van der Waals surface area contributed by atoms with Crippen LogP contribution >= 0.6 is 0 Å². The van der Waals surface area contributed by atoms with E-state index in [1.54, 1.807) is 7.11 Å². The molecule has 0 amide bonds. The maximum absolute atomic E-state index is 5.79. The zero-order valence-electron chi connectivity index (χ0n) is 12.1. The summed E-state index contributed by atoms with van der Waals surface area (Å²) < 4.78 is 16.2. The second-order valence-electron chi connectivity index (χ2n) is 4.36. The maximum atomic E-state index is 5.79. The fourth-order valence-electron chi connectivity index (χ4n) is 1.68. The Morgan fingerprint density at radius 3 is 2.47 bits per heavy atom. The standard InChI is InChI=1S/C15H25NO3/c1-4-18-11-5-10-16-12-13(2)19-15-8-6-14(17-3)7-9-15/h6-9,13,16H,4-5,10-12H2,1-3H3. The average Bonchev–Trinajstić information content (AvgIpc) is 2.43. The lowest BCUT2D eigenvalue weighted by molar-refractivity contribution is 0.143. The molecule has 108 valence electrons. The summed E-state index contributed by atoms with van der Waals surface area (Å²) in [6.07, 6.45) is 1.17. The van der Waals surface area contributed by atoms with Crippen LogP contribution < -0.4 is 14.8 Å². The number of ether oxygens (including phenoxy) is 3. The highest BCUT2D eigenvalue weighted by molar-refractivity contribution is 5.31. The Bertz CT molecular complexity index is 327. The van der Waals surface area contributed by atoms with E-state index < -0.39 is 0 Å². The Labute approximate surface area is 116 Å². The topological polar surface area (TPSA) is 39.7 Å². The van der Waals surface area contributed by atoms with Gasteiger partial charge in [0.2, 0.25) is 0 Å². The second kappa shape index (κ2) is 9.64. The molecule has 1 rings (SSSR count). The zero-order valence-corrected chi connectivity index (χ0v) is 12.1. The maximum Gasteiger partial charge on any atom is 0.120 e.